The lowest BCUT2D eigenvalue weighted by molar-refractivity contribution is 0.0945. The van der Waals surface area contributed by atoms with Gasteiger partial charge in [-0.1, -0.05) is 11.8 Å². The van der Waals surface area contributed by atoms with Crippen molar-refractivity contribution in [1.29, 1.82) is 0 Å². The van der Waals surface area contributed by atoms with Crippen LogP contribution in [0.15, 0.2) is 23.7 Å². The van der Waals surface area contributed by atoms with Crippen LogP contribution in [0.3, 0.4) is 0 Å². The first-order chi connectivity index (χ1) is 9.70. The molecule has 2 aromatic rings. The van der Waals surface area contributed by atoms with Gasteiger partial charge in [-0.15, -0.1) is 11.3 Å². The highest BCUT2D eigenvalue weighted by Crippen LogP contribution is 2.09. The number of pyridine rings is 1. The SMILES string of the molecule is Cc1csc(CNC(=O)c2ncccc2C#CCO)n1. The van der Waals surface area contributed by atoms with Crippen LogP contribution in [0.4, 0.5) is 0 Å². The second-order valence-electron chi connectivity index (χ2n) is 3.92. The Morgan fingerprint density at radius 3 is 3.10 bits per heavy atom. The molecule has 0 unspecified atom stereocenters. The molecular weight excluding hydrogens is 274 g/mol. The van der Waals surface area contributed by atoms with Crippen molar-refractivity contribution in [1.82, 2.24) is 15.3 Å². The van der Waals surface area contributed by atoms with Crippen molar-refractivity contribution in [2.24, 2.45) is 0 Å². The first-order valence-corrected chi connectivity index (χ1v) is 6.82. The average molecular weight is 287 g/mol. The number of aromatic nitrogens is 2. The summed E-state index contributed by atoms with van der Waals surface area (Å²) in [5.74, 6) is 4.92. The predicted molar refractivity (Wildman–Crippen MR) is 76.2 cm³/mol. The zero-order chi connectivity index (χ0) is 14.4. The Morgan fingerprint density at radius 2 is 2.40 bits per heavy atom. The smallest absolute Gasteiger partial charge is 0.271 e. The third-order valence-electron chi connectivity index (χ3n) is 2.39. The average Bonchev–Trinajstić information content (AvgIpc) is 2.88. The predicted octanol–water partition coefficient (Wildman–Crippen LogP) is 1.12. The number of hydrogen-bond donors (Lipinski definition) is 2. The Balaban J connectivity index is 2.09. The molecule has 0 atom stereocenters. The lowest BCUT2D eigenvalue weighted by Gasteiger charge is -2.04. The van der Waals surface area contributed by atoms with E-state index in [0.717, 1.165) is 10.7 Å². The van der Waals surface area contributed by atoms with E-state index in [0.29, 0.717) is 12.1 Å². The summed E-state index contributed by atoms with van der Waals surface area (Å²) in [5, 5.41) is 14.2. The van der Waals surface area contributed by atoms with Crippen molar-refractivity contribution in [2.45, 2.75) is 13.5 Å². The number of nitrogens with one attached hydrogen (secondary N) is 1. The minimum Gasteiger partial charge on any atom is -0.384 e. The highest BCUT2D eigenvalue weighted by atomic mass is 32.1. The van der Waals surface area contributed by atoms with E-state index >= 15 is 0 Å². The van der Waals surface area contributed by atoms with Gasteiger partial charge in [0.15, 0.2) is 0 Å². The largest absolute Gasteiger partial charge is 0.384 e. The first-order valence-electron chi connectivity index (χ1n) is 5.94. The van der Waals surface area contributed by atoms with Crippen LogP contribution in [-0.2, 0) is 6.54 Å². The fourth-order valence-corrected chi connectivity index (χ4v) is 2.26. The van der Waals surface area contributed by atoms with E-state index < -0.39 is 0 Å². The van der Waals surface area contributed by atoms with Crippen LogP contribution in [0.1, 0.15) is 26.8 Å². The van der Waals surface area contributed by atoms with E-state index in [-0.39, 0.29) is 18.2 Å². The molecule has 102 valence electrons. The maximum absolute atomic E-state index is 12.1. The summed E-state index contributed by atoms with van der Waals surface area (Å²) < 4.78 is 0. The van der Waals surface area contributed by atoms with Gasteiger partial charge in [-0.3, -0.25) is 4.79 Å². The Bertz CT molecular complexity index is 670. The maximum atomic E-state index is 12.1. The fraction of sp³-hybridized carbons (Fsp3) is 0.214. The Kier molecular flexibility index (Phi) is 4.82. The lowest BCUT2D eigenvalue weighted by atomic mass is 10.2. The number of rotatable bonds is 3. The molecule has 1 amide bonds. The molecule has 5 nitrogen and oxygen atoms in total. The molecule has 2 rings (SSSR count). The zero-order valence-electron chi connectivity index (χ0n) is 10.9. The summed E-state index contributed by atoms with van der Waals surface area (Å²) in [6.45, 7) is 2.01. The van der Waals surface area contributed by atoms with Crippen LogP contribution >= 0.6 is 11.3 Å². The quantitative estimate of drug-likeness (QED) is 0.830. The lowest BCUT2D eigenvalue weighted by Crippen LogP contribution is -2.24. The standard InChI is InChI=1S/C14H13N3O2S/c1-10-9-20-12(17-10)8-16-14(19)13-11(5-3-7-18)4-2-6-15-13/h2,4,6,9,18H,7-8H2,1H3,(H,16,19). The molecule has 0 bridgehead atoms. The Morgan fingerprint density at radius 1 is 1.55 bits per heavy atom. The molecule has 0 spiro atoms. The van der Waals surface area contributed by atoms with Crippen LogP contribution < -0.4 is 5.32 Å². The van der Waals surface area contributed by atoms with E-state index in [1.54, 1.807) is 12.1 Å². The molecule has 2 N–H and O–H groups in total. The second kappa shape index (κ2) is 6.80. The van der Waals surface area contributed by atoms with Gasteiger partial charge in [0.25, 0.3) is 5.91 Å². The van der Waals surface area contributed by atoms with Crippen molar-refractivity contribution in [3.8, 4) is 11.8 Å². The van der Waals surface area contributed by atoms with Gasteiger partial charge >= 0.3 is 0 Å². The van der Waals surface area contributed by atoms with Gasteiger partial charge in [-0.05, 0) is 19.1 Å². The monoisotopic (exact) mass is 287 g/mol. The minimum absolute atomic E-state index is 0.252. The van der Waals surface area contributed by atoms with Gasteiger partial charge in [-0.25, -0.2) is 9.97 Å². The molecule has 0 fully saturated rings. The van der Waals surface area contributed by atoms with Crippen LogP contribution in [0.2, 0.25) is 0 Å². The second-order valence-corrected chi connectivity index (χ2v) is 4.87. The van der Waals surface area contributed by atoms with E-state index in [4.69, 9.17) is 5.11 Å². The number of carbonyl (C=O) groups is 1. The molecule has 0 radical (unpaired) electrons. The van der Waals surface area contributed by atoms with Crippen LogP contribution in [0, 0.1) is 18.8 Å². The van der Waals surface area contributed by atoms with Crippen molar-refractivity contribution in [3.05, 3.63) is 45.7 Å². The highest BCUT2D eigenvalue weighted by molar-refractivity contribution is 7.09. The van der Waals surface area contributed by atoms with E-state index in [9.17, 15) is 4.79 Å². The number of thiazole rings is 1. The summed E-state index contributed by atoms with van der Waals surface area (Å²) in [7, 11) is 0. The van der Waals surface area contributed by atoms with Crippen molar-refractivity contribution in [2.75, 3.05) is 6.61 Å². The van der Waals surface area contributed by atoms with E-state index in [1.807, 2.05) is 12.3 Å². The van der Waals surface area contributed by atoms with Gasteiger partial charge < -0.3 is 10.4 Å². The summed E-state index contributed by atoms with van der Waals surface area (Å²) >= 11 is 1.50. The molecule has 2 aromatic heterocycles. The molecule has 0 aliphatic rings. The van der Waals surface area contributed by atoms with Gasteiger partial charge in [0.2, 0.25) is 0 Å². The molecule has 0 aromatic carbocycles. The molecule has 2 heterocycles. The Hall–Kier alpha value is -2.23. The molecule has 0 aliphatic heterocycles. The molecular formula is C14H13N3O2S. The fourth-order valence-electron chi connectivity index (χ4n) is 1.55. The molecule has 0 saturated carbocycles. The summed E-state index contributed by atoms with van der Waals surface area (Å²) in [6.07, 6.45) is 1.53. The van der Waals surface area contributed by atoms with Gasteiger partial charge in [-0.2, -0.15) is 0 Å². The Labute approximate surface area is 120 Å². The normalized spacial score (nSPS) is 9.70. The maximum Gasteiger partial charge on any atom is 0.271 e. The van der Waals surface area contributed by atoms with Crippen molar-refractivity contribution < 1.29 is 9.90 Å². The van der Waals surface area contributed by atoms with E-state index in [1.165, 1.54) is 17.5 Å². The van der Waals surface area contributed by atoms with Gasteiger partial charge in [0.1, 0.15) is 17.3 Å². The molecule has 6 heteroatoms. The van der Waals surface area contributed by atoms with E-state index in [2.05, 4.69) is 27.1 Å². The summed E-state index contributed by atoms with van der Waals surface area (Å²) in [5.41, 5.74) is 1.68. The number of aryl methyl sites for hydroxylation is 1. The highest BCUT2D eigenvalue weighted by Gasteiger charge is 2.11. The minimum atomic E-state index is -0.305. The third kappa shape index (κ3) is 3.63. The number of nitrogens with zero attached hydrogens (tertiary/aromatic N) is 2. The van der Waals surface area contributed by atoms with Crippen LogP contribution in [0.25, 0.3) is 0 Å². The third-order valence-corrected chi connectivity index (χ3v) is 3.36. The van der Waals surface area contributed by atoms with Crippen molar-refractivity contribution >= 4 is 17.2 Å². The van der Waals surface area contributed by atoms with Crippen molar-refractivity contribution in [3.63, 3.8) is 0 Å². The summed E-state index contributed by atoms with van der Waals surface area (Å²) in [4.78, 5) is 20.4. The number of carbonyl (C=O) groups excluding carboxylic acids is 1. The van der Waals surface area contributed by atoms with Crippen LogP contribution in [0.5, 0.6) is 0 Å². The summed E-state index contributed by atoms with van der Waals surface area (Å²) in [6, 6.07) is 3.39. The van der Waals surface area contributed by atoms with Crippen LogP contribution in [-0.4, -0.2) is 27.6 Å². The molecule has 0 saturated heterocycles. The number of aliphatic hydroxyl groups is 1. The zero-order valence-corrected chi connectivity index (χ0v) is 11.7. The topological polar surface area (TPSA) is 75.1 Å². The molecule has 0 aliphatic carbocycles. The number of amides is 1. The van der Waals surface area contributed by atoms with Gasteiger partial charge in [0.05, 0.1) is 12.1 Å². The molecule has 20 heavy (non-hydrogen) atoms. The van der Waals surface area contributed by atoms with Gasteiger partial charge in [0, 0.05) is 17.3 Å². The first kappa shape index (κ1) is 14.2. The number of aliphatic hydroxyl groups excluding tert-OH is 1. The number of hydrogen-bond acceptors (Lipinski definition) is 5.